The highest BCUT2D eigenvalue weighted by molar-refractivity contribution is 5.89. The Balaban J connectivity index is 1.83. The molecule has 24 heavy (non-hydrogen) atoms. The van der Waals surface area contributed by atoms with Crippen molar-refractivity contribution >= 4 is 5.97 Å². The summed E-state index contributed by atoms with van der Waals surface area (Å²) in [5, 5.41) is 10.3. The lowest BCUT2D eigenvalue weighted by Crippen LogP contribution is -2.47. The van der Waals surface area contributed by atoms with Gasteiger partial charge in [-0.25, -0.2) is 4.79 Å². The molecule has 4 nitrogen and oxygen atoms in total. The van der Waals surface area contributed by atoms with Crippen LogP contribution in [0.4, 0.5) is 0 Å². The molecule has 5 atom stereocenters. The first-order chi connectivity index (χ1) is 11.2. The van der Waals surface area contributed by atoms with E-state index in [0.717, 1.165) is 25.7 Å². The molecule has 0 spiro atoms. The van der Waals surface area contributed by atoms with Gasteiger partial charge >= 0.3 is 5.97 Å². The lowest BCUT2D eigenvalue weighted by molar-refractivity contribution is -0.139. The maximum atomic E-state index is 12.0. The second kappa shape index (κ2) is 6.05. The predicted molar refractivity (Wildman–Crippen MR) is 92.6 cm³/mol. The number of carbonyl (C=O) groups excluding carboxylic acids is 1. The van der Waals surface area contributed by atoms with Crippen LogP contribution in [0.25, 0.3) is 0 Å². The monoisotopic (exact) mass is 336 g/mol. The zero-order chi connectivity index (χ0) is 17.7. The molecule has 3 rings (SSSR count). The van der Waals surface area contributed by atoms with Gasteiger partial charge in [0.15, 0.2) is 0 Å². The lowest BCUT2D eigenvalue weighted by atomic mass is 9.56. The van der Waals surface area contributed by atoms with Gasteiger partial charge in [0.2, 0.25) is 0 Å². The fourth-order valence-corrected chi connectivity index (χ4v) is 5.55. The molecule has 2 saturated carbocycles. The van der Waals surface area contributed by atoms with Crippen molar-refractivity contribution in [2.24, 2.45) is 23.2 Å². The van der Waals surface area contributed by atoms with Crippen LogP contribution in [0.15, 0.2) is 11.3 Å². The summed E-state index contributed by atoms with van der Waals surface area (Å²) in [6.45, 7) is 8.78. The van der Waals surface area contributed by atoms with E-state index in [9.17, 15) is 9.90 Å². The van der Waals surface area contributed by atoms with Gasteiger partial charge in [0, 0.05) is 6.42 Å². The number of aliphatic hydroxyl groups excluding tert-OH is 1. The predicted octanol–water partition coefficient (Wildman–Crippen LogP) is 4.39. The minimum atomic E-state index is -0.362. The van der Waals surface area contributed by atoms with Gasteiger partial charge in [-0.2, -0.15) is 0 Å². The summed E-state index contributed by atoms with van der Waals surface area (Å²) < 4.78 is 11.3. The Bertz CT molecular complexity index is 544. The summed E-state index contributed by atoms with van der Waals surface area (Å²) in [5.74, 6) is 1.41. The Morgan fingerprint density at radius 3 is 2.54 bits per heavy atom. The molecule has 2 fully saturated rings. The lowest BCUT2D eigenvalue weighted by Gasteiger charge is -2.50. The molecule has 0 bridgehead atoms. The zero-order valence-electron chi connectivity index (χ0n) is 15.7. The molecule has 0 aromatic heterocycles. The number of aliphatic hydroxyl groups is 1. The maximum Gasteiger partial charge on any atom is 0.337 e. The fraction of sp³-hybridized carbons (Fsp3) is 0.850. The first-order valence-corrected chi connectivity index (χ1v) is 9.33. The number of methoxy groups -OCH3 is 1. The van der Waals surface area contributed by atoms with Gasteiger partial charge in [-0.3, -0.25) is 0 Å². The highest BCUT2D eigenvalue weighted by atomic mass is 16.5. The first-order valence-electron chi connectivity index (χ1n) is 9.33. The van der Waals surface area contributed by atoms with E-state index < -0.39 is 0 Å². The SMILES string of the molecule is COC(=O)C1=C(O)C[C@@H]2CC[C@@]3(C)C(OC(C)(C)C)CC[C@@H]3[C@H]2C1. The average molecular weight is 336 g/mol. The molecule has 0 aliphatic heterocycles. The van der Waals surface area contributed by atoms with E-state index in [0.29, 0.717) is 42.3 Å². The maximum absolute atomic E-state index is 12.0. The Hall–Kier alpha value is -1.03. The number of carbonyl (C=O) groups is 1. The van der Waals surface area contributed by atoms with Gasteiger partial charge in [-0.15, -0.1) is 0 Å². The van der Waals surface area contributed by atoms with Gasteiger partial charge in [-0.1, -0.05) is 6.92 Å². The molecule has 1 N–H and O–H groups in total. The summed E-state index contributed by atoms with van der Waals surface area (Å²) >= 11 is 0. The quantitative estimate of drug-likeness (QED) is 0.760. The number of fused-ring (bicyclic) bond motifs is 3. The summed E-state index contributed by atoms with van der Waals surface area (Å²) in [6, 6.07) is 0. The van der Waals surface area contributed by atoms with Crippen molar-refractivity contribution in [1.29, 1.82) is 0 Å². The van der Waals surface area contributed by atoms with Gasteiger partial charge < -0.3 is 14.6 Å². The Labute approximate surface area is 145 Å². The van der Waals surface area contributed by atoms with Crippen LogP contribution in [-0.2, 0) is 14.3 Å². The number of allylic oxidation sites excluding steroid dienone is 1. The normalized spacial score (nSPS) is 39.4. The molecular weight excluding hydrogens is 304 g/mol. The van der Waals surface area contributed by atoms with E-state index in [1.165, 1.54) is 7.11 Å². The number of ether oxygens (including phenoxy) is 2. The minimum absolute atomic E-state index is 0.124. The second-order valence-electron chi connectivity index (χ2n) is 9.20. The summed E-state index contributed by atoms with van der Waals surface area (Å²) in [7, 11) is 1.39. The van der Waals surface area contributed by atoms with Crippen molar-refractivity contribution in [1.82, 2.24) is 0 Å². The average Bonchev–Trinajstić information content (AvgIpc) is 2.81. The molecule has 3 aliphatic carbocycles. The molecule has 4 heteroatoms. The van der Waals surface area contributed by atoms with Crippen molar-refractivity contribution in [2.45, 2.75) is 77.9 Å². The Kier molecular flexibility index (Phi) is 4.48. The molecule has 0 radical (unpaired) electrons. The Morgan fingerprint density at radius 1 is 1.21 bits per heavy atom. The van der Waals surface area contributed by atoms with Gasteiger partial charge in [-0.05, 0) is 76.0 Å². The van der Waals surface area contributed by atoms with Crippen LogP contribution in [-0.4, -0.2) is 29.9 Å². The molecule has 1 unspecified atom stereocenters. The van der Waals surface area contributed by atoms with Gasteiger partial charge in [0.25, 0.3) is 0 Å². The molecule has 136 valence electrons. The number of esters is 1. The molecule has 0 heterocycles. The number of hydrogen-bond acceptors (Lipinski definition) is 4. The minimum Gasteiger partial charge on any atom is -0.512 e. The van der Waals surface area contributed by atoms with Crippen LogP contribution in [0, 0.1) is 23.2 Å². The van der Waals surface area contributed by atoms with Gasteiger partial charge in [0.05, 0.1) is 24.4 Å². The topological polar surface area (TPSA) is 55.8 Å². The van der Waals surface area contributed by atoms with Crippen molar-refractivity contribution < 1.29 is 19.4 Å². The Morgan fingerprint density at radius 2 is 1.92 bits per heavy atom. The highest BCUT2D eigenvalue weighted by Gasteiger charge is 2.56. The molecule has 3 aliphatic rings. The van der Waals surface area contributed by atoms with Crippen molar-refractivity contribution in [2.75, 3.05) is 7.11 Å². The van der Waals surface area contributed by atoms with Crippen LogP contribution >= 0.6 is 0 Å². The van der Waals surface area contributed by atoms with Crippen LogP contribution in [0.5, 0.6) is 0 Å². The molecule has 0 amide bonds. The van der Waals surface area contributed by atoms with E-state index in [1.54, 1.807) is 0 Å². The van der Waals surface area contributed by atoms with Crippen molar-refractivity contribution in [3.63, 3.8) is 0 Å². The summed E-state index contributed by atoms with van der Waals surface area (Å²) in [5.41, 5.74) is 0.562. The summed E-state index contributed by atoms with van der Waals surface area (Å²) in [4.78, 5) is 12.0. The third kappa shape index (κ3) is 2.98. The van der Waals surface area contributed by atoms with Crippen LogP contribution < -0.4 is 0 Å². The number of hydrogen-bond donors (Lipinski definition) is 1. The molecule has 0 saturated heterocycles. The first kappa shape index (κ1) is 17.8. The third-order valence-corrected chi connectivity index (χ3v) is 6.67. The van der Waals surface area contributed by atoms with Crippen molar-refractivity contribution in [3.05, 3.63) is 11.3 Å². The largest absolute Gasteiger partial charge is 0.512 e. The van der Waals surface area contributed by atoms with E-state index >= 15 is 0 Å². The summed E-state index contributed by atoms with van der Waals surface area (Å²) in [6.07, 6.45) is 6.11. The third-order valence-electron chi connectivity index (χ3n) is 6.67. The van der Waals surface area contributed by atoms with Crippen LogP contribution in [0.2, 0.25) is 0 Å². The molecular formula is C20H32O4. The van der Waals surface area contributed by atoms with Crippen molar-refractivity contribution in [3.8, 4) is 0 Å². The van der Waals surface area contributed by atoms with E-state index in [4.69, 9.17) is 9.47 Å². The van der Waals surface area contributed by atoms with Crippen LogP contribution in [0.3, 0.4) is 0 Å². The van der Waals surface area contributed by atoms with E-state index in [1.807, 2.05) is 0 Å². The fourth-order valence-electron chi connectivity index (χ4n) is 5.55. The number of rotatable bonds is 2. The van der Waals surface area contributed by atoms with E-state index in [2.05, 4.69) is 27.7 Å². The van der Waals surface area contributed by atoms with E-state index in [-0.39, 0.29) is 22.7 Å². The van der Waals surface area contributed by atoms with Gasteiger partial charge in [0.1, 0.15) is 5.76 Å². The smallest absolute Gasteiger partial charge is 0.337 e. The standard InChI is InChI=1S/C20H32O4/c1-19(2,3)24-17-7-6-15-13-11-14(18(22)23-5)16(21)10-12(13)8-9-20(15,17)4/h12-13,15,17,21H,6-11H2,1-5H3/t12-,13-,15+,17?,20+/m0/s1. The molecule has 0 aromatic rings. The second-order valence-corrected chi connectivity index (χ2v) is 9.20. The van der Waals surface area contributed by atoms with Crippen LogP contribution in [0.1, 0.15) is 66.2 Å². The highest BCUT2D eigenvalue weighted by Crippen LogP contribution is 2.60. The molecule has 0 aromatic carbocycles. The zero-order valence-corrected chi connectivity index (χ0v) is 15.7.